The molecule has 0 aliphatic rings. The van der Waals surface area contributed by atoms with Gasteiger partial charge in [-0.25, -0.2) is 0 Å². The van der Waals surface area contributed by atoms with Crippen molar-refractivity contribution in [2.24, 2.45) is 0 Å². The zero-order chi connectivity index (χ0) is 14.1. The van der Waals surface area contributed by atoms with Gasteiger partial charge in [-0.15, -0.1) is 0 Å². The maximum Gasteiger partial charge on any atom is 0.261 e. The van der Waals surface area contributed by atoms with E-state index in [4.69, 9.17) is 16.1 Å². The molecule has 1 heterocycles. The van der Waals surface area contributed by atoms with Crippen LogP contribution in [0, 0.1) is 0 Å². The summed E-state index contributed by atoms with van der Waals surface area (Å²) in [5.74, 6) is 0.857. The number of hydrogen-bond acceptors (Lipinski definition) is 4. The van der Waals surface area contributed by atoms with Crippen LogP contribution in [0.3, 0.4) is 0 Å². The molecular weight excluding hydrogens is 274 g/mol. The highest BCUT2D eigenvalue weighted by molar-refractivity contribution is 6.32. The molecule has 0 amide bonds. The highest BCUT2D eigenvalue weighted by atomic mass is 35.5. The van der Waals surface area contributed by atoms with Crippen LogP contribution in [0.5, 0.6) is 5.75 Å². The van der Waals surface area contributed by atoms with Crippen molar-refractivity contribution in [3.05, 3.63) is 47.5 Å². The minimum absolute atomic E-state index is 0.113. The second-order valence-electron chi connectivity index (χ2n) is 4.45. The second kappa shape index (κ2) is 5.02. The SMILES string of the molecule is Bc1ccc(O)c(-c2nc(-c3ccc(Cl)cc3)no2)c1. The van der Waals surface area contributed by atoms with E-state index in [9.17, 15) is 5.11 Å². The Morgan fingerprint density at radius 3 is 2.60 bits per heavy atom. The summed E-state index contributed by atoms with van der Waals surface area (Å²) in [5, 5.41) is 14.4. The van der Waals surface area contributed by atoms with Gasteiger partial charge in [-0.3, -0.25) is 0 Å². The first kappa shape index (κ1) is 12.8. The number of phenolic OH excluding ortho intramolecular Hbond substituents is 1. The molecule has 20 heavy (non-hydrogen) atoms. The summed E-state index contributed by atoms with van der Waals surface area (Å²) in [7, 11) is 1.93. The molecule has 0 radical (unpaired) electrons. The van der Waals surface area contributed by atoms with Crippen LogP contribution in [0.2, 0.25) is 5.02 Å². The number of nitrogens with zero attached hydrogens (tertiary/aromatic N) is 2. The van der Waals surface area contributed by atoms with E-state index in [0.717, 1.165) is 11.0 Å². The monoisotopic (exact) mass is 284 g/mol. The summed E-state index contributed by atoms with van der Waals surface area (Å²) in [5.41, 5.74) is 2.33. The van der Waals surface area contributed by atoms with Gasteiger partial charge in [0.2, 0.25) is 5.82 Å². The Balaban J connectivity index is 2.01. The molecule has 0 spiro atoms. The second-order valence-corrected chi connectivity index (χ2v) is 4.89. The van der Waals surface area contributed by atoms with Gasteiger partial charge in [-0.2, -0.15) is 4.98 Å². The fourth-order valence-electron chi connectivity index (χ4n) is 1.87. The zero-order valence-corrected chi connectivity index (χ0v) is 11.4. The maximum absolute atomic E-state index is 9.86. The molecule has 98 valence electrons. The van der Waals surface area contributed by atoms with Crippen LogP contribution in [-0.4, -0.2) is 23.1 Å². The van der Waals surface area contributed by atoms with Gasteiger partial charge >= 0.3 is 0 Å². The van der Waals surface area contributed by atoms with Crippen LogP contribution in [0.15, 0.2) is 47.0 Å². The quantitative estimate of drug-likeness (QED) is 0.732. The number of aromatic nitrogens is 2. The molecule has 3 aromatic rings. The molecule has 0 aliphatic carbocycles. The lowest BCUT2D eigenvalue weighted by Gasteiger charge is -2.00. The molecule has 0 atom stereocenters. The third-order valence-electron chi connectivity index (χ3n) is 2.91. The predicted octanol–water partition coefficient (Wildman–Crippen LogP) is 2.02. The van der Waals surface area contributed by atoms with E-state index in [1.54, 1.807) is 24.3 Å². The molecule has 6 heteroatoms. The minimum Gasteiger partial charge on any atom is -0.507 e. The van der Waals surface area contributed by atoms with Crippen LogP contribution in [0.25, 0.3) is 22.8 Å². The summed E-state index contributed by atoms with van der Waals surface area (Å²) in [6.45, 7) is 0. The van der Waals surface area contributed by atoms with E-state index in [2.05, 4.69) is 10.1 Å². The van der Waals surface area contributed by atoms with Crippen LogP contribution in [-0.2, 0) is 0 Å². The molecule has 0 aliphatic heterocycles. The van der Waals surface area contributed by atoms with E-state index >= 15 is 0 Å². The fraction of sp³-hybridized carbons (Fsp3) is 0. The highest BCUT2D eigenvalue weighted by Gasteiger charge is 2.14. The van der Waals surface area contributed by atoms with Gasteiger partial charge in [0.1, 0.15) is 13.6 Å². The lowest BCUT2D eigenvalue weighted by Crippen LogP contribution is -2.00. The van der Waals surface area contributed by atoms with Gasteiger partial charge in [0.25, 0.3) is 5.89 Å². The van der Waals surface area contributed by atoms with Crippen molar-refractivity contribution in [2.75, 3.05) is 0 Å². The minimum atomic E-state index is 0.113. The van der Waals surface area contributed by atoms with Gasteiger partial charge < -0.3 is 9.63 Å². The first-order chi connectivity index (χ1) is 9.63. The maximum atomic E-state index is 9.86. The Morgan fingerprint density at radius 1 is 1.10 bits per heavy atom. The molecule has 3 rings (SSSR count). The number of halogens is 1. The van der Waals surface area contributed by atoms with Crippen LogP contribution in [0.1, 0.15) is 0 Å². The molecule has 0 saturated heterocycles. The first-order valence-electron chi connectivity index (χ1n) is 6.03. The average Bonchev–Trinajstić information content (AvgIpc) is 2.92. The number of benzene rings is 2. The molecule has 0 fully saturated rings. The average molecular weight is 285 g/mol. The Hall–Kier alpha value is -2.27. The standard InChI is InChI=1S/C14H10BClN2O2/c15-9-3-6-12(19)11(7-9)14-17-13(18-20-14)8-1-4-10(16)5-2-8/h1-7,19H,15H2. The van der Waals surface area contributed by atoms with Crippen molar-refractivity contribution in [3.63, 3.8) is 0 Å². The smallest absolute Gasteiger partial charge is 0.261 e. The summed E-state index contributed by atoms with van der Waals surface area (Å²) < 4.78 is 5.22. The van der Waals surface area contributed by atoms with Crippen LogP contribution >= 0.6 is 11.6 Å². The van der Waals surface area contributed by atoms with E-state index in [1.165, 1.54) is 0 Å². The molecule has 1 aromatic heterocycles. The van der Waals surface area contributed by atoms with Crippen LogP contribution < -0.4 is 5.46 Å². The van der Waals surface area contributed by atoms with Crippen LogP contribution in [0.4, 0.5) is 0 Å². The van der Waals surface area contributed by atoms with Crippen molar-refractivity contribution in [2.45, 2.75) is 0 Å². The molecule has 0 unspecified atom stereocenters. The first-order valence-corrected chi connectivity index (χ1v) is 6.41. The van der Waals surface area contributed by atoms with Crippen molar-refractivity contribution in [1.82, 2.24) is 10.1 Å². The molecule has 0 saturated carbocycles. The van der Waals surface area contributed by atoms with Gasteiger partial charge in [-0.1, -0.05) is 34.4 Å². The zero-order valence-electron chi connectivity index (χ0n) is 10.7. The van der Waals surface area contributed by atoms with E-state index in [1.807, 2.05) is 26.0 Å². The highest BCUT2D eigenvalue weighted by Crippen LogP contribution is 2.28. The normalized spacial score (nSPS) is 10.7. The topological polar surface area (TPSA) is 59.2 Å². The van der Waals surface area contributed by atoms with Gasteiger partial charge in [0.05, 0.1) is 5.56 Å². The Bertz CT molecular complexity index is 756. The lowest BCUT2D eigenvalue weighted by molar-refractivity contribution is 0.426. The van der Waals surface area contributed by atoms with Gasteiger partial charge in [0, 0.05) is 10.6 Å². The summed E-state index contributed by atoms with van der Waals surface area (Å²) in [6, 6.07) is 12.4. The third-order valence-corrected chi connectivity index (χ3v) is 3.16. The summed E-state index contributed by atoms with van der Waals surface area (Å²) in [4.78, 5) is 4.30. The van der Waals surface area contributed by atoms with Gasteiger partial charge in [-0.05, 0) is 30.3 Å². The Morgan fingerprint density at radius 2 is 1.85 bits per heavy atom. The summed E-state index contributed by atoms with van der Waals surface area (Å²) in [6.07, 6.45) is 0. The van der Waals surface area contributed by atoms with E-state index < -0.39 is 0 Å². The van der Waals surface area contributed by atoms with Crippen molar-refractivity contribution < 1.29 is 9.63 Å². The van der Waals surface area contributed by atoms with Crippen molar-refractivity contribution >= 4 is 24.9 Å². The Labute approximate surface area is 121 Å². The summed E-state index contributed by atoms with van der Waals surface area (Å²) >= 11 is 5.84. The molecule has 1 N–H and O–H groups in total. The molecular formula is C14H10BClN2O2. The molecule has 4 nitrogen and oxygen atoms in total. The van der Waals surface area contributed by atoms with Crippen molar-refractivity contribution in [3.8, 4) is 28.6 Å². The molecule has 2 aromatic carbocycles. The van der Waals surface area contributed by atoms with Crippen molar-refractivity contribution in [1.29, 1.82) is 0 Å². The number of rotatable bonds is 2. The Kier molecular flexibility index (Phi) is 3.20. The number of aromatic hydroxyl groups is 1. The van der Waals surface area contributed by atoms with Gasteiger partial charge in [0.15, 0.2) is 0 Å². The molecule has 0 bridgehead atoms. The fourth-order valence-corrected chi connectivity index (χ4v) is 2.00. The largest absolute Gasteiger partial charge is 0.507 e. The van der Waals surface area contributed by atoms with E-state index in [-0.39, 0.29) is 11.6 Å². The van der Waals surface area contributed by atoms with E-state index in [0.29, 0.717) is 16.4 Å². The number of phenols is 1. The number of hydrogen-bond donors (Lipinski definition) is 1. The third kappa shape index (κ3) is 2.40. The predicted molar refractivity (Wildman–Crippen MR) is 80.0 cm³/mol. The lowest BCUT2D eigenvalue weighted by atomic mass is 9.94.